The van der Waals surface area contributed by atoms with E-state index in [1.165, 1.54) is 28.6 Å². The van der Waals surface area contributed by atoms with E-state index < -0.39 is 17.7 Å². The minimum absolute atomic E-state index is 0.0181. The van der Waals surface area contributed by atoms with E-state index in [9.17, 15) is 14.7 Å². The van der Waals surface area contributed by atoms with Gasteiger partial charge in [-0.2, -0.15) is 0 Å². The summed E-state index contributed by atoms with van der Waals surface area (Å²) in [5, 5.41) is 13.2. The van der Waals surface area contributed by atoms with E-state index in [2.05, 4.69) is 16.9 Å². The molecular weight excluding hydrogens is 466 g/mol. The minimum Gasteiger partial charge on any atom is -0.507 e. The molecule has 0 aliphatic carbocycles. The summed E-state index contributed by atoms with van der Waals surface area (Å²) in [4.78, 5) is 35.9. The number of ether oxygens (including phenoxy) is 2. The van der Waals surface area contributed by atoms with Gasteiger partial charge in [0, 0.05) is 29.5 Å². The van der Waals surface area contributed by atoms with Crippen LogP contribution in [-0.2, 0) is 9.59 Å². The second-order valence-corrected chi connectivity index (χ2v) is 8.79. The van der Waals surface area contributed by atoms with E-state index in [-0.39, 0.29) is 11.3 Å². The fraction of sp³-hybridized carbons (Fsp3) is 0.308. The Morgan fingerprint density at radius 2 is 1.86 bits per heavy atom. The third-order valence-corrected chi connectivity index (χ3v) is 6.38. The highest BCUT2D eigenvalue weighted by Crippen LogP contribution is 2.44. The molecule has 0 radical (unpaired) electrons. The minimum atomic E-state index is -0.886. The highest BCUT2D eigenvalue weighted by Gasteiger charge is 2.48. The fourth-order valence-electron chi connectivity index (χ4n) is 3.96. The van der Waals surface area contributed by atoms with Crippen molar-refractivity contribution in [1.82, 2.24) is 9.97 Å². The summed E-state index contributed by atoms with van der Waals surface area (Å²) in [6.45, 7) is 4.98. The van der Waals surface area contributed by atoms with Crippen LogP contribution in [0.5, 0.6) is 11.5 Å². The Hall–Kier alpha value is -3.72. The molecule has 1 aliphatic rings. The zero-order chi connectivity index (χ0) is 24.8. The van der Waals surface area contributed by atoms with Gasteiger partial charge in [0.05, 0.1) is 24.8 Å². The number of pyridine rings is 1. The van der Waals surface area contributed by atoms with Gasteiger partial charge in [-0.1, -0.05) is 25.8 Å². The first-order chi connectivity index (χ1) is 17.1. The predicted octanol–water partition coefficient (Wildman–Crippen LogP) is 5.13. The van der Waals surface area contributed by atoms with Crippen molar-refractivity contribution in [3.05, 3.63) is 71.0 Å². The summed E-state index contributed by atoms with van der Waals surface area (Å²) in [7, 11) is 0. The molecular formula is C26H27N3O5S. The molecule has 0 spiro atoms. The first-order valence-corrected chi connectivity index (χ1v) is 12.4. The quantitative estimate of drug-likeness (QED) is 0.181. The zero-order valence-electron chi connectivity index (χ0n) is 19.6. The number of thiazole rings is 1. The topological polar surface area (TPSA) is 102 Å². The maximum atomic E-state index is 13.2. The number of hydrogen-bond acceptors (Lipinski definition) is 8. The molecule has 1 unspecified atom stereocenters. The molecule has 0 saturated carbocycles. The highest BCUT2D eigenvalue weighted by atomic mass is 32.1. The Bertz CT molecular complexity index is 1210. The largest absolute Gasteiger partial charge is 0.507 e. The number of ketones is 1. The number of Topliss-reactive ketones (excluding diaryl/α,β-unsaturated/α-hetero) is 1. The van der Waals surface area contributed by atoms with Crippen LogP contribution >= 0.6 is 11.3 Å². The van der Waals surface area contributed by atoms with Crippen molar-refractivity contribution in [3.8, 4) is 11.5 Å². The van der Waals surface area contributed by atoms with Crippen LogP contribution in [0.15, 0.2) is 59.9 Å². The van der Waals surface area contributed by atoms with Crippen LogP contribution in [0.1, 0.15) is 50.3 Å². The third kappa shape index (κ3) is 5.05. The lowest BCUT2D eigenvalue weighted by molar-refractivity contribution is -0.132. The van der Waals surface area contributed by atoms with Crippen LogP contribution in [0.25, 0.3) is 5.76 Å². The van der Waals surface area contributed by atoms with E-state index >= 15 is 0 Å². The third-order valence-electron chi connectivity index (χ3n) is 5.61. The van der Waals surface area contributed by atoms with Gasteiger partial charge in [-0.3, -0.25) is 19.5 Å². The lowest BCUT2D eigenvalue weighted by Gasteiger charge is -2.24. The van der Waals surface area contributed by atoms with Crippen LogP contribution in [0.3, 0.4) is 0 Å². The number of aromatic nitrogens is 2. The highest BCUT2D eigenvalue weighted by molar-refractivity contribution is 7.14. The number of carbonyl (C=O) groups excluding carboxylic acids is 2. The second kappa shape index (κ2) is 11.1. The van der Waals surface area contributed by atoms with Crippen LogP contribution in [0.2, 0.25) is 0 Å². The van der Waals surface area contributed by atoms with E-state index in [0.717, 1.165) is 19.3 Å². The molecule has 1 aromatic carbocycles. The summed E-state index contributed by atoms with van der Waals surface area (Å²) in [5.41, 5.74) is 0.970. The normalized spacial score (nSPS) is 17.1. The maximum absolute atomic E-state index is 13.2. The van der Waals surface area contributed by atoms with Crippen LogP contribution < -0.4 is 14.4 Å². The lowest BCUT2D eigenvalue weighted by Crippen LogP contribution is -2.29. The van der Waals surface area contributed by atoms with E-state index in [1.807, 2.05) is 6.92 Å². The van der Waals surface area contributed by atoms with Gasteiger partial charge >= 0.3 is 5.91 Å². The zero-order valence-corrected chi connectivity index (χ0v) is 20.5. The van der Waals surface area contributed by atoms with Crippen LogP contribution in [-0.4, -0.2) is 40.0 Å². The molecule has 2 aromatic heterocycles. The molecule has 0 bridgehead atoms. The van der Waals surface area contributed by atoms with Gasteiger partial charge in [-0.05, 0) is 43.2 Å². The van der Waals surface area contributed by atoms with Crippen molar-refractivity contribution in [2.45, 2.75) is 39.2 Å². The molecule has 1 fully saturated rings. The number of amides is 1. The standard InChI is InChI=1S/C26H27N3O5S/c1-3-5-6-14-34-19-8-7-18(16-20(19)33-4-2)22-21(23(30)17-9-11-27-12-10-17)24(31)25(32)29(22)26-28-13-15-35-26/h7-13,15-16,22,30H,3-6,14H2,1-2H3/b23-21+. The molecule has 8 nitrogen and oxygen atoms in total. The Morgan fingerprint density at radius 3 is 2.54 bits per heavy atom. The number of aliphatic hydroxyl groups excluding tert-OH is 1. The monoisotopic (exact) mass is 493 g/mol. The van der Waals surface area contributed by atoms with Crippen molar-refractivity contribution in [3.63, 3.8) is 0 Å². The van der Waals surface area contributed by atoms with Gasteiger partial charge in [-0.15, -0.1) is 11.3 Å². The Balaban J connectivity index is 1.82. The molecule has 1 aliphatic heterocycles. The molecule has 1 N–H and O–H groups in total. The van der Waals surface area contributed by atoms with Gasteiger partial charge in [0.25, 0.3) is 5.78 Å². The average Bonchev–Trinajstić information content (AvgIpc) is 3.49. The Kier molecular flexibility index (Phi) is 7.77. The lowest BCUT2D eigenvalue weighted by atomic mass is 9.95. The van der Waals surface area contributed by atoms with Crippen molar-refractivity contribution in [2.24, 2.45) is 0 Å². The number of rotatable bonds is 10. The molecule has 9 heteroatoms. The summed E-state index contributed by atoms with van der Waals surface area (Å²) in [6.07, 6.45) is 7.68. The van der Waals surface area contributed by atoms with Gasteiger partial charge in [-0.25, -0.2) is 4.98 Å². The number of hydrogen-bond donors (Lipinski definition) is 1. The summed E-state index contributed by atoms with van der Waals surface area (Å²) in [5.74, 6) is -0.703. The SMILES string of the molecule is CCCCCOc1ccc(C2/C(=C(\O)c3ccncc3)C(=O)C(=O)N2c2nccs2)cc1OCC. The average molecular weight is 494 g/mol. The van der Waals surface area contributed by atoms with Crippen LogP contribution in [0.4, 0.5) is 5.13 Å². The van der Waals surface area contributed by atoms with Crippen molar-refractivity contribution in [2.75, 3.05) is 18.1 Å². The molecule has 182 valence electrons. The molecule has 4 rings (SSSR count). The first-order valence-electron chi connectivity index (χ1n) is 11.6. The Morgan fingerprint density at radius 1 is 1.06 bits per heavy atom. The van der Waals surface area contributed by atoms with Crippen molar-refractivity contribution >= 4 is 33.9 Å². The van der Waals surface area contributed by atoms with Gasteiger partial charge in [0.1, 0.15) is 5.76 Å². The number of nitrogens with zero attached hydrogens (tertiary/aromatic N) is 3. The fourth-order valence-corrected chi connectivity index (χ4v) is 4.63. The number of aliphatic hydroxyl groups is 1. The molecule has 1 amide bonds. The summed E-state index contributed by atoms with van der Waals surface area (Å²) < 4.78 is 11.8. The molecule has 3 aromatic rings. The van der Waals surface area contributed by atoms with Crippen molar-refractivity contribution < 1.29 is 24.2 Å². The molecule has 3 heterocycles. The van der Waals surface area contributed by atoms with E-state index in [4.69, 9.17) is 9.47 Å². The summed E-state index contributed by atoms with van der Waals surface area (Å²) >= 11 is 1.24. The first kappa shape index (κ1) is 24.4. The van der Waals surface area contributed by atoms with Crippen LogP contribution in [0, 0.1) is 0 Å². The number of benzene rings is 1. The Labute approximate surface area is 207 Å². The molecule has 35 heavy (non-hydrogen) atoms. The van der Waals surface area contributed by atoms with E-state index in [1.54, 1.807) is 41.9 Å². The predicted molar refractivity (Wildman–Crippen MR) is 134 cm³/mol. The summed E-state index contributed by atoms with van der Waals surface area (Å²) in [6, 6.07) is 7.61. The van der Waals surface area contributed by atoms with Gasteiger partial charge in [0.2, 0.25) is 0 Å². The number of unbranched alkanes of at least 4 members (excludes halogenated alkanes) is 2. The second-order valence-electron chi connectivity index (χ2n) is 7.91. The maximum Gasteiger partial charge on any atom is 0.301 e. The molecule has 1 atom stereocenters. The number of carbonyl (C=O) groups is 2. The molecule has 1 saturated heterocycles. The number of anilines is 1. The van der Waals surface area contributed by atoms with E-state index in [0.29, 0.717) is 41.0 Å². The van der Waals surface area contributed by atoms with Crippen molar-refractivity contribution in [1.29, 1.82) is 0 Å². The van der Waals surface area contributed by atoms with Gasteiger partial charge in [0.15, 0.2) is 16.6 Å². The smallest absolute Gasteiger partial charge is 0.301 e. The van der Waals surface area contributed by atoms with Gasteiger partial charge < -0.3 is 14.6 Å².